The van der Waals surface area contributed by atoms with Crippen molar-refractivity contribution < 1.29 is 27.2 Å². The molecule has 1 rings (SSSR count). The van der Waals surface area contributed by atoms with Crippen LogP contribution in [0.4, 0.5) is 13.2 Å². The molecule has 1 fully saturated rings. The average molecular weight is 287 g/mol. The second kappa shape index (κ2) is 7.20. The predicted octanol–water partition coefficient (Wildman–Crippen LogP) is 1.66. The van der Waals surface area contributed by atoms with Gasteiger partial charge in [-0.2, -0.15) is 13.2 Å². The third-order valence-corrected chi connectivity index (χ3v) is 3.38. The summed E-state index contributed by atoms with van der Waals surface area (Å²) in [4.78, 5) is 11.5. The van der Waals surface area contributed by atoms with Gasteiger partial charge in [-0.15, -0.1) is 0 Å². The molecule has 0 aliphatic heterocycles. The van der Waals surface area contributed by atoms with Gasteiger partial charge in [0.1, 0.15) is 13.2 Å². The molecule has 0 aromatic carbocycles. The number of hydrogen-bond acceptors (Lipinski definition) is 4. The van der Waals surface area contributed by atoms with Gasteiger partial charge in [-0.1, -0.05) is 19.3 Å². The first kappa shape index (κ1) is 15.6. The van der Waals surface area contributed by atoms with Gasteiger partial charge in [-0.25, -0.2) is 0 Å². The van der Waals surface area contributed by atoms with Gasteiger partial charge in [0.05, 0.1) is 5.92 Å². The Kier molecular flexibility index (Phi) is 6.24. The molecule has 0 heterocycles. The smallest absolute Gasteiger partial charge is 0.496 e. The van der Waals surface area contributed by atoms with Gasteiger partial charge in [0, 0.05) is 0 Å². The minimum absolute atomic E-state index is 0.149. The fourth-order valence-corrected chi connectivity index (χ4v) is 2.31. The van der Waals surface area contributed by atoms with Gasteiger partial charge in [-0.05, 0) is 12.8 Å². The summed E-state index contributed by atoms with van der Waals surface area (Å²) in [6.07, 6.45) is 4.59. The van der Waals surface area contributed by atoms with Crippen LogP contribution in [0, 0.1) is 11.1 Å². The lowest BCUT2D eigenvalue weighted by Gasteiger charge is -2.22. The van der Waals surface area contributed by atoms with E-state index in [2.05, 4.69) is 0 Å². The third kappa shape index (κ3) is 6.46. The highest BCUT2D eigenvalue weighted by molar-refractivity contribution is 7.93. The standard InChI is InChI=1S/C10H16F3NO3S/c11-10(12,13)18-14(16)6-7-17-9(15)8-4-2-1-3-5-8/h8,14H,1-7H2. The number of nitrogens with one attached hydrogen (secondary N) is 1. The number of esters is 1. The van der Waals surface area contributed by atoms with E-state index in [-0.39, 0.29) is 18.5 Å². The maximum atomic E-state index is 11.8. The molecule has 18 heavy (non-hydrogen) atoms. The second-order valence-electron chi connectivity index (χ2n) is 4.17. The Hall–Kier alpha value is -0.470. The molecule has 4 nitrogen and oxygen atoms in total. The summed E-state index contributed by atoms with van der Waals surface area (Å²) in [6.45, 7) is -0.667. The molecule has 106 valence electrons. The van der Waals surface area contributed by atoms with E-state index in [0.29, 0.717) is 0 Å². The SMILES string of the molecule is O=C(OCC[NH+]([O-])SC(F)(F)F)C1CCCCC1. The van der Waals surface area contributed by atoms with Crippen molar-refractivity contribution in [3.05, 3.63) is 5.21 Å². The molecule has 0 spiro atoms. The van der Waals surface area contributed by atoms with E-state index in [9.17, 15) is 23.2 Å². The van der Waals surface area contributed by atoms with Crippen LogP contribution in [0.2, 0.25) is 0 Å². The molecule has 1 N–H and O–H groups in total. The van der Waals surface area contributed by atoms with E-state index in [1.54, 1.807) is 0 Å². The van der Waals surface area contributed by atoms with Crippen LogP contribution in [-0.2, 0) is 9.53 Å². The fourth-order valence-electron chi connectivity index (χ4n) is 1.87. The Morgan fingerprint density at radius 2 is 1.94 bits per heavy atom. The van der Waals surface area contributed by atoms with E-state index >= 15 is 0 Å². The van der Waals surface area contributed by atoms with Crippen LogP contribution in [-0.4, -0.2) is 24.6 Å². The molecule has 0 saturated heterocycles. The highest BCUT2D eigenvalue weighted by Crippen LogP contribution is 2.25. The normalized spacial score (nSPS) is 19.6. The van der Waals surface area contributed by atoms with E-state index in [1.807, 2.05) is 0 Å². The van der Waals surface area contributed by atoms with Gasteiger partial charge < -0.3 is 9.94 Å². The molecule has 0 aromatic rings. The summed E-state index contributed by atoms with van der Waals surface area (Å²) < 4.78 is 39.2. The van der Waals surface area contributed by atoms with Gasteiger partial charge in [0.15, 0.2) is 11.9 Å². The Labute approximate surface area is 108 Å². The van der Waals surface area contributed by atoms with Gasteiger partial charge >= 0.3 is 11.5 Å². The van der Waals surface area contributed by atoms with E-state index < -0.39 is 28.5 Å². The minimum Gasteiger partial charge on any atom is -0.621 e. The number of rotatable bonds is 5. The highest BCUT2D eigenvalue weighted by atomic mass is 32.2. The summed E-state index contributed by atoms with van der Waals surface area (Å²) in [5.41, 5.74) is -4.57. The molecule has 1 saturated carbocycles. The summed E-state index contributed by atoms with van der Waals surface area (Å²) in [5.74, 6) is -0.538. The zero-order valence-corrected chi connectivity index (χ0v) is 10.6. The lowest BCUT2D eigenvalue weighted by Crippen LogP contribution is -3.01. The molecule has 0 aromatic heterocycles. The van der Waals surface area contributed by atoms with Crippen LogP contribution >= 0.6 is 11.9 Å². The molecular weight excluding hydrogens is 271 g/mol. The zero-order chi connectivity index (χ0) is 13.6. The molecule has 0 radical (unpaired) electrons. The number of quaternary nitrogens is 1. The maximum absolute atomic E-state index is 11.8. The van der Waals surface area contributed by atoms with Crippen LogP contribution in [0.3, 0.4) is 0 Å². The van der Waals surface area contributed by atoms with Gasteiger partial charge in [-0.3, -0.25) is 9.26 Å². The first-order valence-electron chi connectivity index (χ1n) is 5.83. The lowest BCUT2D eigenvalue weighted by atomic mass is 9.89. The molecule has 1 aliphatic carbocycles. The van der Waals surface area contributed by atoms with Gasteiger partial charge in [0.2, 0.25) is 0 Å². The number of hydroxylamine groups is 1. The van der Waals surface area contributed by atoms with Crippen molar-refractivity contribution in [2.45, 2.75) is 37.6 Å². The Bertz CT molecular complexity index is 270. The summed E-state index contributed by atoms with van der Waals surface area (Å²) >= 11 is -0.686. The number of carbonyl (C=O) groups excluding carboxylic acids is 1. The predicted molar refractivity (Wildman–Crippen MR) is 60.4 cm³/mol. The zero-order valence-electron chi connectivity index (χ0n) is 9.79. The van der Waals surface area contributed by atoms with E-state index in [1.165, 1.54) is 0 Å². The monoisotopic (exact) mass is 287 g/mol. The summed E-state index contributed by atoms with van der Waals surface area (Å²) in [7, 11) is 0. The largest absolute Gasteiger partial charge is 0.621 e. The van der Waals surface area contributed by atoms with E-state index in [0.717, 1.165) is 32.1 Å². The molecule has 1 unspecified atom stereocenters. The number of alkyl halides is 3. The van der Waals surface area contributed by atoms with Crippen molar-refractivity contribution in [2.24, 2.45) is 5.92 Å². The van der Waals surface area contributed by atoms with Crippen molar-refractivity contribution in [3.8, 4) is 0 Å². The maximum Gasteiger partial charge on any atom is 0.496 e. The van der Waals surface area contributed by atoms with Crippen LogP contribution in [0.25, 0.3) is 0 Å². The van der Waals surface area contributed by atoms with Crippen LogP contribution in [0.15, 0.2) is 0 Å². The minimum atomic E-state index is -4.57. The van der Waals surface area contributed by atoms with Crippen LogP contribution in [0.5, 0.6) is 0 Å². The van der Waals surface area contributed by atoms with Crippen molar-refractivity contribution in [2.75, 3.05) is 13.2 Å². The topological polar surface area (TPSA) is 53.8 Å². The summed E-state index contributed by atoms with van der Waals surface area (Å²) in [6, 6.07) is 0. The molecule has 1 aliphatic rings. The number of hydrogen-bond donors (Lipinski definition) is 1. The average Bonchev–Trinajstić information content (AvgIpc) is 2.27. The molecule has 1 atom stereocenters. The van der Waals surface area contributed by atoms with E-state index in [4.69, 9.17) is 4.74 Å². The second-order valence-corrected chi connectivity index (χ2v) is 5.29. The number of halogens is 3. The Balaban J connectivity index is 2.14. The number of carbonyl (C=O) groups is 1. The first-order chi connectivity index (χ1) is 8.38. The van der Waals surface area contributed by atoms with Crippen molar-refractivity contribution in [1.82, 2.24) is 0 Å². The van der Waals surface area contributed by atoms with Crippen LogP contribution in [0.1, 0.15) is 32.1 Å². The third-order valence-electron chi connectivity index (χ3n) is 2.72. The Morgan fingerprint density at radius 1 is 1.33 bits per heavy atom. The lowest BCUT2D eigenvalue weighted by molar-refractivity contribution is -0.698. The molecule has 0 bridgehead atoms. The highest BCUT2D eigenvalue weighted by Gasteiger charge is 2.35. The van der Waals surface area contributed by atoms with Crippen LogP contribution < -0.4 is 4.47 Å². The van der Waals surface area contributed by atoms with Gasteiger partial charge in [0.25, 0.3) is 0 Å². The van der Waals surface area contributed by atoms with Crippen molar-refractivity contribution in [3.63, 3.8) is 0 Å². The van der Waals surface area contributed by atoms with Crippen molar-refractivity contribution in [1.29, 1.82) is 0 Å². The summed E-state index contributed by atoms with van der Waals surface area (Å²) in [5, 5.41) is 10.9. The fraction of sp³-hybridized carbons (Fsp3) is 0.900. The first-order valence-corrected chi connectivity index (χ1v) is 6.65. The quantitative estimate of drug-likeness (QED) is 0.475. The molecule has 8 heteroatoms. The molecule has 0 amide bonds. The number of ether oxygens (including phenoxy) is 1. The molecular formula is C10H16F3NO3S. The Morgan fingerprint density at radius 3 is 2.50 bits per heavy atom. The van der Waals surface area contributed by atoms with Crippen molar-refractivity contribution >= 4 is 17.9 Å².